The van der Waals surface area contributed by atoms with Gasteiger partial charge < -0.3 is 0 Å². The maximum absolute atomic E-state index is 10.3. The molecule has 0 saturated carbocycles. The average Bonchev–Trinajstić information content (AvgIpc) is 2.42. The van der Waals surface area contributed by atoms with Crippen LogP contribution in [0.15, 0.2) is 18.2 Å². The van der Waals surface area contributed by atoms with Crippen molar-refractivity contribution in [3.05, 3.63) is 34.9 Å². The van der Waals surface area contributed by atoms with Crippen molar-refractivity contribution in [2.24, 2.45) is 0 Å². The summed E-state index contributed by atoms with van der Waals surface area (Å²) in [7, 11) is 0. The number of aldehydes is 3. The highest BCUT2D eigenvalue weighted by atomic mass is 16.1. The summed E-state index contributed by atoms with van der Waals surface area (Å²) in [4.78, 5) is 30.9. The molecule has 88 valence electrons. The summed E-state index contributed by atoms with van der Waals surface area (Å²) < 4.78 is 0. The summed E-state index contributed by atoms with van der Waals surface area (Å²) >= 11 is 0. The zero-order chi connectivity index (χ0) is 13.0. The predicted octanol–water partition coefficient (Wildman–Crippen LogP) is 3.18. The number of rotatable bonds is 3. The second-order valence-corrected chi connectivity index (χ2v) is 2.29. The van der Waals surface area contributed by atoms with Gasteiger partial charge in [-0.05, 0) is 18.2 Å². The first-order chi connectivity index (χ1) is 7.80. The molecule has 0 saturated heterocycles. The molecule has 0 aromatic heterocycles. The van der Waals surface area contributed by atoms with Crippen LogP contribution < -0.4 is 0 Å². The molecule has 0 unspecified atom stereocenters. The molecule has 0 aliphatic rings. The Hall–Kier alpha value is -1.77. The molecule has 1 aromatic carbocycles. The minimum atomic E-state index is 0.335. The molecule has 1 aromatic rings. The van der Waals surface area contributed by atoms with Crippen molar-refractivity contribution in [3.8, 4) is 0 Å². The van der Waals surface area contributed by atoms with E-state index >= 15 is 0 Å². The van der Waals surface area contributed by atoms with Crippen molar-refractivity contribution < 1.29 is 14.4 Å². The van der Waals surface area contributed by atoms with Crippen LogP contribution in [0.3, 0.4) is 0 Å². The summed E-state index contributed by atoms with van der Waals surface area (Å²) in [6.07, 6.45) is 1.79. The van der Waals surface area contributed by atoms with Crippen molar-refractivity contribution in [2.45, 2.75) is 27.7 Å². The van der Waals surface area contributed by atoms with Crippen LogP contribution in [0.1, 0.15) is 58.8 Å². The number of hydrogen-bond acceptors (Lipinski definition) is 3. The predicted molar refractivity (Wildman–Crippen MR) is 65.3 cm³/mol. The summed E-state index contributed by atoms with van der Waals surface area (Å²) in [6, 6.07) is 4.27. The van der Waals surface area contributed by atoms with Gasteiger partial charge in [0.25, 0.3) is 0 Å². The molecular weight excluding hydrogens is 204 g/mol. The van der Waals surface area contributed by atoms with Crippen LogP contribution in [-0.4, -0.2) is 18.9 Å². The third kappa shape index (κ3) is 5.86. The molecule has 0 aliphatic carbocycles. The Balaban J connectivity index is 0. The van der Waals surface area contributed by atoms with Crippen LogP contribution in [0, 0.1) is 0 Å². The third-order valence-corrected chi connectivity index (χ3v) is 1.41. The standard InChI is InChI=1S/C9H6O3.2C2H6/c10-4-7-1-8(5-11)3-9(2-7)6-12;2*1-2/h1-6H;2*1-2H3. The van der Waals surface area contributed by atoms with Gasteiger partial charge in [0.15, 0.2) is 0 Å². The van der Waals surface area contributed by atoms with Gasteiger partial charge in [0.1, 0.15) is 18.9 Å². The van der Waals surface area contributed by atoms with Gasteiger partial charge in [-0.2, -0.15) is 0 Å². The normalized spacial score (nSPS) is 7.50. The van der Waals surface area contributed by atoms with Crippen molar-refractivity contribution in [3.63, 3.8) is 0 Å². The highest BCUT2D eigenvalue weighted by Crippen LogP contribution is 2.05. The maximum Gasteiger partial charge on any atom is 0.150 e. The van der Waals surface area contributed by atoms with E-state index in [0.717, 1.165) is 0 Å². The van der Waals surface area contributed by atoms with Gasteiger partial charge in [0, 0.05) is 16.7 Å². The summed E-state index contributed by atoms with van der Waals surface area (Å²) in [5, 5.41) is 0. The zero-order valence-corrected chi connectivity index (χ0v) is 10.2. The van der Waals surface area contributed by atoms with Crippen molar-refractivity contribution >= 4 is 18.9 Å². The Labute approximate surface area is 96.5 Å². The minimum absolute atomic E-state index is 0.335. The molecule has 0 N–H and O–H groups in total. The second kappa shape index (κ2) is 11.3. The molecule has 0 spiro atoms. The van der Waals surface area contributed by atoms with Crippen LogP contribution in [0.5, 0.6) is 0 Å². The fourth-order valence-electron chi connectivity index (χ4n) is 0.906. The Bertz CT molecular complexity index is 265. The second-order valence-electron chi connectivity index (χ2n) is 2.29. The van der Waals surface area contributed by atoms with Gasteiger partial charge in [0.05, 0.1) is 0 Å². The van der Waals surface area contributed by atoms with Gasteiger partial charge in [-0.3, -0.25) is 14.4 Å². The van der Waals surface area contributed by atoms with E-state index in [4.69, 9.17) is 0 Å². The highest BCUT2D eigenvalue weighted by Gasteiger charge is 1.98. The first-order valence-electron chi connectivity index (χ1n) is 5.31. The lowest BCUT2D eigenvalue weighted by Crippen LogP contribution is -1.89. The van der Waals surface area contributed by atoms with E-state index < -0.39 is 0 Å². The topological polar surface area (TPSA) is 51.2 Å². The monoisotopic (exact) mass is 222 g/mol. The van der Waals surface area contributed by atoms with Crippen LogP contribution in [0.2, 0.25) is 0 Å². The van der Waals surface area contributed by atoms with Crippen LogP contribution in [0.4, 0.5) is 0 Å². The first-order valence-corrected chi connectivity index (χ1v) is 5.31. The van der Waals surface area contributed by atoms with E-state index in [9.17, 15) is 14.4 Å². The molecule has 0 fully saturated rings. The molecular formula is C13H18O3. The van der Waals surface area contributed by atoms with Crippen molar-refractivity contribution in [1.29, 1.82) is 0 Å². The van der Waals surface area contributed by atoms with Crippen molar-refractivity contribution in [2.75, 3.05) is 0 Å². The van der Waals surface area contributed by atoms with Gasteiger partial charge in [0.2, 0.25) is 0 Å². The van der Waals surface area contributed by atoms with Crippen LogP contribution in [-0.2, 0) is 0 Å². The van der Waals surface area contributed by atoms with E-state index in [-0.39, 0.29) is 0 Å². The smallest absolute Gasteiger partial charge is 0.150 e. The van der Waals surface area contributed by atoms with Gasteiger partial charge in [-0.15, -0.1) is 0 Å². The zero-order valence-electron chi connectivity index (χ0n) is 10.2. The lowest BCUT2D eigenvalue weighted by molar-refractivity contribution is 0.112. The lowest BCUT2D eigenvalue weighted by atomic mass is 10.1. The Morgan fingerprint density at radius 2 is 0.812 bits per heavy atom. The minimum Gasteiger partial charge on any atom is -0.298 e. The Morgan fingerprint density at radius 3 is 0.938 bits per heavy atom. The van der Waals surface area contributed by atoms with Gasteiger partial charge in [-0.25, -0.2) is 0 Å². The molecule has 0 heterocycles. The maximum atomic E-state index is 10.3. The van der Waals surface area contributed by atoms with E-state index in [1.807, 2.05) is 27.7 Å². The molecule has 0 radical (unpaired) electrons. The van der Waals surface area contributed by atoms with Gasteiger partial charge in [-0.1, -0.05) is 27.7 Å². The molecule has 1 rings (SSSR count). The molecule has 0 bridgehead atoms. The number of benzene rings is 1. The SMILES string of the molecule is CC.CC.O=Cc1cc(C=O)cc(C=O)c1. The molecule has 0 aliphatic heterocycles. The largest absolute Gasteiger partial charge is 0.298 e. The highest BCUT2D eigenvalue weighted by molar-refractivity contribution is 5.87. The molecule has 0 atom stereocenters. The quantitative estimate of drug-likeness (QED) is 0.738. The van der Waals surface area contributed by atoms with Crippen LogP contribution >= 0.6 is 0 Å². The fraction of sp³-hybridized carbons (Fsp3) is 0.308. The van der Waals surface area contributed by atoms with E-state index in [1.54, 1.807) is 0 Å². The number of carbonyl (C=O) groups excluding carboxylic acids is 3. The molecule has 3 heteroatoms. The summed E-state index contributed by atoms with van der Waals surface area (Å²) in [5.41, 5.74) is 1.00. The molecule has 0 amide bonds. The lowest BCUT2D eigenvalue weighted by Gasteiger charge is -1.94. The summed E-state index contributed by atoms with van der Waals surface area (Å²) in [6.45, 7) is 8.00. The average molecular weight is 222 g/mol. The van der Waals surface area contributed by atoms with Gasteiger partial charge >= 0.3 is 0 Å². The number of carbonyl (C=O) groups is 3. The summed E-state index contributed by atoms with van der Waals surface area (Å²) in [5.74, 6) is 0. The molecule has 3 nitrogen and oxygen atoms in total. The molecule has 16 heavy (non-hydrogen) atoms. The van der Waals surface area contributed by atoms with E-state index in [2.05, 4.69) is 0 Å². The van der Waals surface area contributed by atoms with Crippen LogP contribution in [0.25, 0.3) is 0 Å². The first kappa shape index (κ1) is 16.7. The number of hydrogen-bond donors (Lipinski definition) is 0. The van der Waals surface area contributed by atoms with E-state index in [1.165, 1.54) is 18.2 Å². The van der Waals surface area contributed by atoms with Crippen molar-refractivity contribution in [1.82, 2.24) is 0 Å². The third-order valence-electron chi connectivity index (χ3n) is 1.41. The Morgan fingerprint density at radius 1 is 0.625 bits per heavy atom. The Kier molecular flexibility index (Phi) is 11.8. The fourth-order valence-corrected chi connectivity index (χ4v) is 0.906. The van der Waals surface area contributed by atoms with E-state index in [0.29, 0.717) is 35.5 Å².